The van der Waals surface area contributed by atoms with E-state index in [0.29, 0.717) is 28.8 Å². The number of ketones is 1. The summed E-state index contributed by atoms with van der Waals surface area (Å²) in [4.78, 5) is 12.9. The molecule has 0 aliphatic heterocycles. The van der Waals surface area contributed by atoms with Crippen molar-refractivity contribution in [1.82, 2.24) is 10.2 Å². The number of nitrogens with zero attached hydrogens (tertiary/aromatic N) is 2. The molecule has 0 bridgehead atoms. The number of carbonyl (C=O) groups excluding carboxylic acids is 1. The van der Waals surface area contributed by atoms with E-state index in [0.717, 1.165) is 16.7 Å². The molecular formula is C24H20N2O4. The Hall–Kier alpha value is -3.93. The van der Waals surface area contributed by atoms with Gasteiger partial charge in [-0.25, -0.2) is 0 Å². The van der Waals surface area contributed by atoms with E-state index in [-0.39, 0.29) is 12.2 Å². The normalized spacial score (nSPS) is 10.6. The molecule has 0 spiro atoms. The van der Waals surface area contributed by atoms with Gasteiger partial charge in [-0.2, -0.15) is 0 Å². The number of aromatic nitrogens is 2. The minimum atomic E-state index is -0.0536. The number of methoxy groups -OCH3 is 2. The third-order valence-corrected chi connectivity index (χ3v) is 4.69. The van der Waals surface area contributed by atoms with Gasteiger partial charge in [-0.05, 0) is 42.0 Å². The first-order chi connectivity index (χ1) is 14.7. The number of carbonyl (C=O) groups is 1. The minimum Gasteiger partial charge on any atom is -0.497 e. The predicted octanol–water partition coefficient (Wildman–Crippen LogP) is 4.85. The molecule has 6 heteroatoms. The van der Waals surface area contributed by atoms with Crippen molar-refractivity contribution >= 4 is 5.78 Å². The molecule has 0 saturated carbocycles. The van der Waals surface area contributed by atoms with E-state index in [2.05, 4.69) is 10.2 Å². The van der Waals surface area contributed by atoms with Crippen LogP contribution < -0.4 is 9.47 Å². The summed E-state index contributed by atoms with van der Waals surface area (Å²) in [5.74, 6) is 1.93. The smallest absolute Gasteiger partial charge is 0.248 e. The van der Waals surface area contributed by atoms with Crippen molar-refractivity contribution in [3.8, 4) is 34.4 Å². The summed E-state index contributed by atoms with van der Waals surface area (Å²) >= 11 is 0. The molecule has 0 unspecified atom stereocenters. The molecule has 0 N–H and O–H groups in total. The lowest BCUT2D eigenvalue weighted by Gasteiger charge is -2.10. The predicted molar refractivity (Wildman–Crippen MR) is 113 cm³/mol. The van der Waals surface area contributed by atoms with Crippen LogP contribution in [-0.4, -0.2) is 30.2 Å². The summed E-state index contributed by atoms with van der Waals surface area (Å²) in [5.41, 5.74) is 2.97. The summed E-state index contributed by atoms with van der Waals surface area (Å²) in [5, 5.41) is 8.28. The quantitative estimate of drug-likeness (QED) is 0.413. The van der Waals surface area contributed by atoms with Crippen molar-refractivity contribution in [1.29, 1.82) is 0 Å². The molecule has 1 heterocycles. The first-order valence-corrected chi connectivity index (χ1v) is 9.41. The minimum absolute atomic E-state index is 0.0536. The van der Waals surface area contributed by atoms with Crippen molar-refractivity contribution in [3.05, 3.63) is 83.9 Å². The lowest BCUT2D eigenvalue weighted by molar-refractivity contribution is 0.0990. The second-order valence-corrected chi connectivity index (χ2v) is 6.64. The van der Waals surface area contributed by atoms with Crippen LogP contribution in [0.5, 0.6) is 11.5 Å². The van der Waals surface area contributed by atoms with Crippen LogP contribution in [0, 0.1) is 0 Å². The van der Waals surface area contributed by atoms with Gasteiger partial charge in [0.15, 0.2) is 5.78 Å². The van der Waals surface area contributed by atoms with Crippen LogP contribution >= 0.6 is 0 Å². The molecule has 0 amide bonds. The van der Waals surface area contributed by atoms with Crippen LogP contribution in [0.15, 0.2) is 77.2 Å². The van der Waals surface area contributed by atoms with E-state index in [4.69, 9.17) is 13.9 Å². The van der Waals surface area contributed by atoms with E-state index in [9.17, 15) is 4.79 Å². The van der Waals surface area contributed by atoms with Crippen LogP contribution in [0.1, 0.15) is 15.9 Å². The third-order valence-electron chi connectivity index (χ3n) is 4.69. The number of ether oxygens (including phenoxy) is 2. The van der Waals surface area contributed by atoms with E-state index in [1.807, 2.05) is 54.6 Å². The molecular weight excluding hydrogens is 380 g/mol. The van der Waals surface area contributed by atoms with E-state index < -0.39 is 0 Å². The molecule has 0 aliphatic rings. The highest BCUT2D eigenvalue weighted by Gasteiger charge is 2.16. The standard InChI is InChI=1S/C24H20N2O4/c1-28-19-11-12-20(22(15-19)29-2)21(27)14-16-7-6-10-18(13-16)24-26-25-23(30-24)17-8-4-3-5-9-17/h3-13,15H,14H2,1-2H3. The van der Waals surface area contributed by atoms with Gasteiger partial charge in [-0.3, -0.25) is 4.79 Å². The van der Waals surface area contributed by atoms with Gasteiger partial charge in [-0.15, -0.1) is 10.2 Å². The number of Topliss-reactive ketones (excluding diaryl/α,β-unsaturated/α-hetero) is 1. The molecule has 4 aromatic rings. The Morgan fingerprint density at radius 3 is 2.30 bits per heavy atom. The molecule has 30 heavy (non-hydrogen) atoms. The second kappa shape index (κ2) is 8.61. The Bertz CT molecular complexity index is 1170. The lowest BCUT2D eigenvalue weighted by atomic mass is 10.0. The maximum Gasteiger partial charge on any atom is 0.248 e. The van der Waals surface area contributed by atoms with Crippen molar-refractivity contribution in [2.45, 2.75) is 6.42 Å². The highest BCUT2D eigenvalue weighted by Crippen LogP contribution is 2.27. The summed E-state index contributed by atoms with van der Waals surface area (Å²) < 4.78 is 16.4. The van der Waals surface area contributed by atoms with Crippen LogP contribution in [0.25, 0.3) is 22.9 Å². The molecule has 4 rings (SSSR count). The van der Waals surface area contributed by atoms with Gasteiger partial charge in [0.25, 0.3) is 0 Å². The number of rotatable bonds is 7. The van der Waals surface area contributed by atoms with Gasteiger partial charge in [0, 0.05) is 23.6 Å². The molecule has 0 radical (unpaired) electrons. The van der Waals surface area contributed by atoms with Gasteiger partial charge in [0.2, 0.25) is 11.8 Å². The Labute approximate surface area is 174 Å². The molecule has 0 fully saturated rings. The highest BCUT2D eigenvalue weighted by molar-refractivity contribution is 6.00. The zero-order valence-electron chi connectivity index (χ0n) is 16.7. The van der Waals surface area contributed by atoms with Gasteiger partial charge >= 0.3 is 0 Å². The van der Waals surface area contributed by atoms with E-state index in [1.54, 1.807) is 25.3 Å². The zero-order valence-corrected chi connectivity index (χ0v) is 16.7. The van der Waals surface area contributed by atoms with Gasteiger partial charge in [0.1, 0.15) is 11.5 Å². The fourth-order valence-electron chi connectivity index (χ4n) is 3.16. The third kappa shape index (κ3) is 4.07. The lowest BCUT2D eigenvalue weighted by Crippen LogP contribution is -2.06. The van der Waals surface area contributed by atoms with Crippen LogP contribution in [0.4, 0.5) is 0 Å². The van der Waals surface area contributed by atoms with E-state index >= 15 is 0 Å². The van der Waals surface area contributed by atoms with Crippen LogP contribution in [-0.2, 0) is 6.42 Å². The molecule has 6 nitrogen and oxygen atoms in total. The Morgan fingerprint density at radius 1 is 0.833 bits per heavy atom. The largest absolute Gasteiger partial charge is 0.497 e. The maximum atomic E-state index is 12.9. The SMILES string of the molecule is COc1ccc(C(=O)Cc2cccc(-c3nnc(-c4ccccc4)o3)c2)c(OC)c1. The molecule has 1 aromatic heterocycles. The van der Waals surface area contributed by atoms with Crippen molar-refractivity contribution in [3.63, 3.8) is 0 Å². The van der Waals surface area contributed by atoms with Gasteiger partial charge < -0.3 is 13.9 Å². The molecule has 3 aromatic carbocycles. The zero-order chi connectivity index (χ0) is 20.9. The topological polar surface area (TPSA) is 74.5 Å². The van der Waals surface area contributed by atoms with Gasteiger partial charge in [0.05, 0.1) is 19.8 Å². The number of benzene rings is 3. The fraction of sp³-hybridized carbons (Fsp3) is 0.125. The Morgan fingerprint density at radius 2 is 1.57 bits per heavy atom. The van der Waals surface area contributed by atoms with Crippen molar-refractivity contribution in [2.24, 2.45) is 0 Å². The Balaban J connectivity index is 1.56. The summed E-state index contributed by atoms with van der Waals surface area (Å²) in [6.07, 6.45) is 0.218. The van der Waals surface area contributed by atoms with Gasteiger partial charge in [-0.1, -0.05) is 30.3 Å². The van der Waals surface area contributed by atoms with Crippen molar-refractivity contribution < 1.29 is 18.7 Å². The van der Waals surface area contributed by atoms with E-state index in [1.165, 1.54) is 7.11 Å². The molecule has 0 atom stereocenters. The summed E-state index contributed by atoms with van der Waals surface area (Å²) in [6, 6.07) is 22.3. The van der Waals surface area contributed by atoms with Crippen LogP contribution in [0.2, 0.25) is 0 Å². The number of hydrogen-bond acceptors (Lipinski definition) is 6. The summed E-state index contributed by atoms with van der Waals surface area (Å²) in [6.45, 7) is 0. The first kappa shape index (κ1) is 19.4. The highest BCUT2D eigenvalue weighted by atomic mass is 16.5. The molecule has 0 aliphatic carbocycles. The number of hydrogen-bond donors (Lipinski definition) is 0. The first-order valence-electron chi connectivity index (χ1n) is 9.41. The Kier molecular flexibility index (Phi) is 5.57. The second-order valence-electron chi connectivity index (χ2n) is 6.64. The average Bonchev–Trinajstić information content (AvgIpc) is 3.30. The van der Waals surface area contributed by atoms with Crippen molar-refractivity contribution in [2.75, 3.05) is 14.2 Å². The maximum absolute atomic E-state index is 12.9. The fourth-order valence-corrected chi connectivity index (χ4v) is 3.16. The monoisotopic (exact) mass is 400 g/mol. The summed E-state index contributed by atoms with van der Waals surface area (Å²) in [7, 11) is 3.11. The average molecular weight is 400 g/mol. The van der Waals surface area contributed by atoms with Crippen LogP contribution in [0.3, 0.4) is 0 Å². The molecule has 0 saturated heterocycles. The molecule has 150 valence electrons.